The van der Waals surface area contributed by atoms with Gasteiger partial charge >= 0.3 is 0 Å². The second-order valence-corrected chi connectivity index (χ2v) is 9.47. The highest BCUT2D eigenvalue weighted by molar-refractivity contribution is 7.99. The highest BCUT2D eigenvalue weighted by Gasteiger charge is 2.20. The van der Waals surface area contributed by atoms with Crippen molar-refractivity contribution in [3.05, 3.63) is 74.9 Å². The summed E-state index contributed by atoms with van der Waals surface area (Å²) in [6, 6.07) is 14.9. The quantitative estimate of drug-likeness (QED) is 0.316. The number of nitrogens with zero attached hydrogens (tertiary/aromatic N) is 2. The summed E-state index contributed by atoms with van der Waals surface area (Å²) in [6.45, 7) is 5.90. The van der Waals surface area contributed by atoms with Crippen molar-refractivity contribution in [2.75, 3.05) is 18.2 Å². The second-order valence-electron chi connectivity index (χ2n) is 7.32. The molecule has 32 heavy (non-hydrogen) atoms. The maximum absolute atomic E-state index is 13.6. The van der Waals surface area contributed by atoms with Gasteiger partial charge in [-0.15, -0.1) is 11.3 Å². The van der Waals surface area contributed by atoms with Gasteiger partial charge in [0.15, 0.2) is 5.16 Å². The number of nitrogens with one attached hydrogen (secondary N) is 1. The monoisotopic (exact) mass is 465 g/mol. The van der Waals surface area contributed by atoms with Gasteiger partial charge in [-0.2, -0.15) is 0 Å². The highest BCUT2D eigenvalue weighted by atomic mass is 32.2. The lowest BCUT2D eigenvalue weighted by atomic mass is 10.2. The van der Waals surface area contributed by atoms with Crippen molar-refractivity contribution in [1.29, 1.82) is 0 Å². The minimum absolute atomic E-state index is 0.102. The topological polar surface area (TPSA) is 73.2 Å². The summed E-state index contributed by atoms with van der Waals surface area (Å²) in [6.07, 6.45) is 0. The van der Waals surface area contributed by atoms with E-state index in [1.165, 1.54) is 23.1 Å². The number of hydrogen-bond acceptors (Lipinski definition) is 6. The number of rotatable bonds is 6. The first kappa shape index (κ1) is 22.1. The van der Waals surface area contributed by atoms with Crippen molar-refractivity contribution in [2.24, 2.45) is 0 Å². The van der Waals surface area contributed by atoms with Gasteiger partial charge in [-0.1, -0.05) is 42.1 Å². The number of benzene rings is 2. The van der Waals surface area contributed by atoms with Crippen LogP contribution in [0.4, 0.5) is 5.69 Å². The number of carbonyl (C=O) groups is 1. The van der Waals surface area contributed by atoms with Crippen LogP contribution in [0.3, 0.4) is 0 Å². The summed E-state index contributed by atoms with van der Waals surface area (Å²) in [5, 5.41) is 4.00. The number of fused-ring (bicyclic) bond motifs is 1. The number of aromatic nitrogens is 2. The number of aryl methyl sites for hydroxylation is 3. The molecule has 2 aromatic heterocycles. The molecule has 6 nitrogen and oxygen atoms in total. The van der Waals surface area contributed by atoms with Gasteiger partial charge in [0.05, 0.1) is 29.6 Å². The molecule has 0 aliphatic heterocycles. The predicted octanol–water partition coefficient (Wildman–Crippen LogP) is 5.11. The van der Waals surface area contributed by atoms with Crippen LogP contribution in [0.25, 0.3) is 15.9 Å². The zero-order chi connectivity index (χ0) is 22.8. The van der Waals surface area contributed by atoms with E-state index in [4.69, 9.17) is 9.72 Å². The van der Waals surface area contributed by atoms with Crippen LogP contribution in [-0.2, 0) is 4.79 Å². The van der Waals surface area contributed by atoms with E-state index in [0.29, 0.717) is 26.8 Å². The number of carbonyl (C=O) groups excluding carboxylic acids is 1. The van der Waals surface area contributed by atoms with E-state index in [9.17, 15) is 9.59 Å². The van der Waals surface area contributed by atoms with Gasteiger partial charge in [-0.25, -0.2) is 4.98 Å². The van der Waals surface area contributed by atoms with E-state index in [-0.39, 0.29) is 17.2 Å². The molecule has 1 amide bonds. The third-order valence-corrected chi connectivity index (χ3v) is 7.28. The van der Waals surface area contributed by atoms with Gasteiger partial charge in [-0.05, 0) is 50.1 Å². The van der Waals surface area contributed by atoms with Gasteiger partial charge in [0, 0.05) is 4.88 Å². The minimum atomic E-state index is -0.205. The first-order chi connectivity index (χ1) is 15.4. The Morgan fingerprint density at radius 2 is 1.84 bits per heavy atom. The summed E-state index contributed by atoms with van der Waals surface area (Å²) >= 11 is 2.74. The molecular weight excluding hydrogens is 442 g/mol. The second kappa shape index (κ2) is 9.18. The van der Waals surface area contributed by atoms with Crippen molar-refractivity contribution >= 4 is 44.9 Å². The van der Waals surface area contributed by atoms with E-state index in [1.54, 1.807) is 23.8 Å². The number of thioether (sulfide) groups is 1. The van der Waals surface area contributed by atoms with E-state index < -0.39 is 0 Å². The number of hydrogen-bond donors (Lipinski definition) is 1. The van der Waals surface area contributed by atoms with Crippen LogP contribution < -0.4 is 15.6 Å². The van der Waals surface area contributed by atoms with Gasteiger partial charge in [-0.3, -0.25) is 14.2 Å². The summed E-state index contributed by atoms with van der Waals surface area (Å²) in [7, 11) is 1.56. The molecular formula is C24H23N3O3S2. The molecule has 0 aliphatic rings. The molecule has 2 aromatic carbocycles. The Morgan fingerprint density at radius 3 is 2.59 bits per heavy atom. The van der Waals surface area contributed by atoms with Crippen molar-refractivity contribution in [2.45, 2.75) is 25.9 Å². The molecule has 0 unspecified atom stereocenters. The van der Waals surface area contributed by atoms with Crippen LogP contribution in [-0.4, -0.2) is 28.3 Å². The zero-order valence-electron chi connectivity index (χ0n) is 18.3. The maximum Gasteiger partial charge on any atom is 0.267 e. The first-order valence-corrected chi connectivity index (χ1v) is 11.9. The number of ether oxygens (including phenoxy) is 1. The van der Waals surface area contributed by atoms with Gasteiger partial charge in [0.25, 0.3) is 5.56 Å². The summed E-state index contributed by atoms with van der Waals surface area (Å²) < 4.78 is 6.92. The van der Waals surface area contributed by atoms with E-state index >= 15 is 0 Å². The fourth-order valence-corrected chi connectivity index (χ4v) is 5.34. The minimum Gasteiger partial charge on any atom is -0.495 e. The normalized spacial score (nSPS) is 11.0. The Labute approximate surface area is 194 Å². The molecule has 0 spiro atoms. The van der Waals surface area contributed by atoms with Crippen LogP contribution >= 0.6 is 23.1 Å². The van der Waals surface area contributed by atoms with Crippen molar-refractivity contribution in [3.8, 4) is 11.4 Å². The Hall–Kier alpha value is -3.10. The smallest absolute Gasteiger partial charge is 0.267 e. The molecule has 0 saturated heterocycles. The van der Waals surface area contributed by atoms with Crippen LogP contribution in [0.2, 0.25) is 0 Å². The number of para-hydroxylation sites is 3. The zero-order valence-corrected chi connectivity index (χ0v) is 19.9. The Bertz CT molecular complexity index is 1370. The van der Waals surface area contributed by atoms with Crippen LogP contribution in [0, 0.1) is 20.8 Å². The molecule has 8 heteroatoms. The molecule has 0 radical (unpaired) electrons. The molecule has 0 saturated carbocycles. The number of amides is 1. The number of anilines is 1. The fourth-order valence-electron chi connectivity index (χ4n) is 3.46. The van der Waals surface area contributed by atoms with Gasteiger partial charge < -0.3 is 10.1 Å². The molecule has 4 aromatic rings. The lowest BCUT2D eigenvalue weighted by Gasteiger charge is -2.14. The average Bonchev–Trinajstić information content (AvgIpc) is 3.07. The van der Waals surface area contributed by atoms with Crippen LogP contribution in [0.5, 0.6) is 5.75 Å². The van der Waals surface area contributed by atoms with E-state index in [2.05, 4.69) is 5.32 Å². The third kappa shape index (κ3) is 4.16. The molecule has 164 valence electrons. The van der Waals surface area contributed by atoms with Crippen molar-refractivity contribution in [1.82, 2.24) is 9.55 Å². The summed E-state index contributed by atoms with van der Waals surface area (Å²) in [5.74, 6) is 0.487. The molecule has 0 aliphatic carbocycles. The number of methoxy groups -OCH3 is 1. The van der Waals surface area contributed by atoms with Crippen LogP contribution in [0.1, 0.15) is 16.0 Å². The molecule has 4 rings (SSSR count). The van der Waals surface area contributed by atoms with Gasteiger partial charge in [0.1, 0.15) is 10.6 Å². The molecule has 1 N–H and O–H groups in total. The number of thiophene rings is 1. The summed E-state index contributed by atoms with van der Waals surface area (Å²) in [5.41, 5.74) is 3.17. The van der Waals surface area contributed by atoms with Crippen molar-refractivity contribution in [3.63, 3.8) is 0 Å². The highest BCUT2D eigenvalue weighted by Crippen LogP contribution is 2.30. The first-order valence-electron chi connectivity index (χ1n) is 10.0. The van der Waals surface area contributed by atoms with Crippen molar-refractivity contribution < 1.29 is 9.53 Å². The summed E-state index contributed by atoms with van der Waals surface area (Å²) in [4.78, 5) is 32.8. The Balaban J connectivity index is 1.72. The maximum atomic E-state index is 13.6. The van der Waals surface area contributed by atoms with Gasteiger partial charge in [0.2, 0.25) is 5.91 Å². The van der Waals surface area contributed by atoms with E-state index in [1.807, 2.05) is 57.2 Å². The lowest BCUT2D eigenvalue weighted by molar-refractivity contribution is -0.113. The Morgan fingerprint density at radius 1 is 1.12 bits per heavy atom. The standard InChI is InChI=1S/C24H23N3O3S2/c1-14-9-5-7-11-18(14)27-23(29)21-15(2)16(3)32-22(21)26-24(27)31-13-20(28)25-17-10-6-8-12-19(17)30-4/h5-12H,13H2,1-4H3,(H,25,28). The molecule has 0 fully saturated rings. The third-order valence-electron chi connectivity index (χ3n) is 5.24. The molecule has 2 heterocycles. The largest absolute Gasteiger partial charge is 0.495 e. The molecule has 0 bridgehead atoms. The average molecular weight is 466 g/mol. The molecule has 0 atom stereocenters. The fraction of sp³-hybridized carbons (Fsp3) is 0.208. The van der Waals surface area contributed by atoms with Crippen LogP contribution in [0.15, 0.2) is 58.5 Å². The Kier molecular flexibility index (Phi) is 6.34. The predicted molar refractivity (Wildman–Crippen MR) is 132 cm³/mol. The lowest BCUT2D eigenvalue weighted by Crippen LogP contribution is -2.23. The SMILES string of the molecule is COc1ccccc1NC(=O)CSc1nc2sc(C)c(C)c2c(=O)n1-c1ccccc1C. The van der Waals surface area contributed by atoms with E-state index in [0.717, 1.165) is 21.7 Å².